The molecule has 1 N–H and O–H groups in total. The normalized spacial score (nSPS) is 15.8. The second-order valence-corrected chi connectivity index (χ2v) is 9.56. The molecule has 1 aliphatic heterocycles. The molecule has 0 bridgehead atoms. The van der Waals surface area contributed by atoms with E-state index in [1.807, 2.05) is 42.5 Å². The molecule has 1 aromatic heterocycles. The molecule has 5 rings (SSSR count). The van der Waals surface area contributed by atoms with E-state index in [0.717, 1.165) is 32.9 Å². The van der Waals surface area contributed by atoms with Crippen LogP contribution in [0.3, 0.4) is 0 Å². The second-order valence-electron chi connectivity index (χ2n) is 8.53. The van der Waals surface area contributed by atoms with E-state index in [1.54, 1.807) is 16.2 Å². The Bertz CT molecular complexity index is 1260. The van der Waals surface area contributed by atoms with E-state index in [0.29, 0.717) is 13.1 Å². The highest BCUT2D eigenvalue weighted by molar-refractivity contribution is 7.21. The van der Waals surface area contributed by atoms with Gasteiger partial charge in [0.25, 0.3) is 0 Å². The van der Waals surface area contributed by atoms with Crippen LogP contribution in [0.1, 0.15) is 17.5 Å². The van der Waals surface area contributed by atoms with Crippen LogP contribution in [0.15, 0.2) is 72.8 Å². The zero-order valence-corrected chi connectivity index (χ0v) is 19.3. The van der Waals surface area contributed by atoms with E-state index in [9.17, 15) is 9.59 Å². The lowest BCUT2D eigenvalue weighted by Crippen LogP contribution is -2.30. The quantitative estimate of drug-likeness (QED) is 0.429. The first-order chi connectivity index (χ1) is 16.0. The van der Waals surface area contributed by atoms with E-state index in [4.69, 9.17) is 0 Å². The molecular formula is C27H25N3O2S. The third-order valence-electron chi connectivity index (χ3n) is 6.07. The maximum atomic E-state index is 12.8. The van der Waals surface area contributed by atoms with Gasteiger partial charge in [-0.05, 0) is 55.3 Å². The Hall–Kier alpha value is -3.51. The summed E-state index contributed by atoms with van der Waals surface area (Å²) in [5.74, 6) is -0.373. The van der Waals surface area contributed by atoms with E-state index in [2.05, 4.69) is 47.6 Å². The van der Waals surface area contributed by atoms with Crippen LogP contribution in [-0.2, 0) is 16.0 Å². The summed E-state index contributed by atoms with van der Waals surface area (Å²) in [7, 11) is 0. The molecule has 0 spiro atoms. The molecule has 0 radical (unpaired) electrons. The number of thiazole rings is 1. The van der Waals surface area contributed by atoms with Crippen LogP contribution < -0.4 is 5.32 Å². The first kappa shape index (κ1) is 21.3. The minimum Gasteiger partial charge on any atom is -0.342 e. The number of fused-ring (bicyclic) bond motifs is 1. The van der Waals surface area contributed by atoms with Crippen molar-refractivity contribution in [1.82, 2.24) is 9.88 Å². The molecule has 1 unspecified atom stereocenters. The van der Waals surface area contributed by atoms with Crippen LogP contribution in [0.5, 0.6) is 0 Å². The Balaban J connectivity index is 1.18. The molecule has 1 saturated heterocycles. The molecule has 3 aromatic carbocycles. The number of carbonyl (C=O) groups excluding carboxylic acids is 2. The number of hydrogen-bond donors (Lipinski definition) is 1. The van der Waals surface area contributed by atoms with E-state index >= 15 is 0 Å². The molecule has 166 valence electrons. The number of aromatic nitrogens is 1. The summed E-state index contributed by atoms with van der Waals surface area (Å²) in [5.41, 5.74) is 5.17. The van der Waals surface area contributed by atoms with Crippen molar-refractivity contribution in [3.05, 3.63) is 83.9 Å². The van der Waals surface area contributed by atoms with Crippen molar-refractivity contribution < 1.29 is 9.59 Å². The SMILES string of the molecule is Cc1ccc(CCN2CC(C(=O)Nc3ccc(-c4nc5ccccc5s4)cc3)CC2=O)cc1. The first-order valence-corrected chi connectivity index (χ1v) is 12.0. The van der Waals surface area contributed by atoms with Crippen LogP contribution in [-0.4, -0.2) is 34.8 Å². The number of benzene rings is 3. The van der Waals surface area contributed by atoms with Gasteiger partial charge < -0.3 is 10.2 Å². The van der Waals surface area contributed by atoms with Crippen molar-refractivity contribution in [1.29, 1.82) is 0 Å². The lowest BCUT2D eigenvalue weighted by molar-refractivity contribution is -0.128. The smallest absolute Gasteiger partial charge is 0.229 e. The Morgan fingerprint density at radius 2 is 1.82 bits per heavy atom. The molecule has 33 heavy (non-hydrogen) atoms. The lowest BCUT2D eigenvalue weighted by Gasteiger charge is -2.16. The first-order valence-electron chi connectivity index (χ1n) is 11.2. The number of rotatable bonds is 6. The van der Waals surface area contributed by atoms with Gasteiger partial charge in [0, 0.05) is 30.8 Å². The zero-order valence-electron chi connectivity index (χ0n) is 18.5. The van der Waals surface area contributed by atoms with E-state index < -0.39 is 0 Å². The Labute approximate surface area is 197 Å². The second kappa shape index (κ2) is 9.16. The molecular weight excluding hydrogens is 430 g/mol. The average Bonchev–Trinajstić information content (AvgIpc) is 3.43. The topological polar surface area (TPSA) is 62.3 Å². The van der Waals surface area contributed by atoms with Crippen molar-refractivity contribution in [2.75, 3.05) is 18.4 Å². The summed E-state index contributed by atoms with van der Waals surface area (Å²) in [5, 5.41) is 3.93. The summed E-state index contributed by atoms with van der Waals surface area (Å²) in [6.45, 7) is 3.17. The number of para-hydroxylation sites is 1. The summed E-state index contributed by atoms with van der Waals surface area (Å²) in [4.78, 5) is 31.7. The zero-order chi connectivity index (χ0) is 22.8. The van der Waals surface area contributed by atoms with Crippen LogP contribution in [0.2, 0.25) is 0 Å². The highest BCUT2D eigenvalue weighted by atomic mass is 32.1. The third kappa shape index (κ3) is 4.81. The lowest BCUT2D eigenvalue weighted by atomic mass is 10.1. The number of hydrogen-bond acceptors (Lipinski definition) is 4. The minimum atomic E-state index is -0.320. The fraction of sp³-hybridized carbons (Fsp3) is 0.222. The molecule has 5 nitrogen and oxygen atoms in total. The van der Waals surface area contributed by atoms with Crippen LogP contribution >= 0.6 is 11.3 Å². The fourth-order valence-corrected chi connectivity index (χ4v) is 5.09. The molecule has 0 saturated carbocycles. The third-order valence-corrected chi connectivity index (χ3v) is 7.16. The van der Waals surface area contributed by atoms with Gasteiger partial charge in [-0.3, -0.25) is 9.59 Å². The maximum absolute atomic E-state index is 12.8. The largest absolute Gasteiger partial charge is 0.342 e. The Kier molecular flexibility index (Phi) is 5.92. The van der Waals surface area contributed by atoms with Gasteiger partial charge in [-0.2, -0.15) is 0 Å². The number of anilines is 1. The van der Waals surface area contributed by atoms with Crippen LogP contribution in [0, 0.1) is 12.8 Å². The van der Waals surface area contributed by atoms with Gasteiger partial charge >= 0.3 is 0 Å². The molecule has 2 amide bonds. The van der Waals surface area contributed by atoms with Gasteiger partial charge in [0.15, 0.2) is 0 Å². The number of amides is 2. The molecule has 4 aromatic rings. The molecule has 1 aliphatic rings. The summed E-state index contributed by atoms with van der Waals surface area (Å²) >= 11 is 1.65. The van der Waals surface area contributed by atoms with E-state index in [-0.39, 0.29) is 24.2 Å². The highest BCUT2D eigenvalue weighted by Crippen LogP contribution is 2.30. The molecule has 1 atom stereocenters. The van der Waals surface area contributed by atoms with Gasteiger partial charge in [0.05, 0.1) is 16.1 Å². The van der Waals surface area contributed by atoms with Crippen molar-refractivity contribution in [3.63, 3.8) is 0 Å². The molecule has 2 heterocycles. The van der Waals surface area contributed by atoms with Crippen molar-refractivity contribution in [3.8, 4) is 10.6 Å². The standard InChI is InChI=1S/C27H25N3O2S/c1-18-6-8-19(9-7-18)14-15-30-17-21(16-25(30)31)26(32)28-22-12-10-20(11-13-22)27-29-23-4-2-3-5-24(23)33-27/h2-13,21H,14-17H2,1H3,(H,28,32). The number of likely N-dealkylation sites (tertiary alicyclic amines) is 1. The number of nitrogens with zero attached hydrogens (tertiary/aromatic N) is 2. The van der Waals surface area contributed by atoms with Gasteiger partial charge in [-0.25, -0.2) is 4.98 Å². The van der Waals surface area contributed by atoms with Gasteiger partial charge in [0.2, 0.25) is 11.8 Å². The average molecular weight is 456 g/mol. The van der Waals surface area contributed by atoms with Crippen molar-refractivity contribution in [2.24, 2.45) is 5.92 Å². The van der Waals surface area contributed by atoms with Gasteiger partial charge in [-0.15, -0.1) is 11.3 Å². The Morgan fingerprint density at radius 1 is 1.06 bits per heavy atom. The fourth-order valence-electron chi connectivity index (χ4n) is 4.12. The van der Waals surface area contributed by atoms with Crippen molar-refractivity contribution >= 4 is 39.1 Å². The number of carbonyl (C=O) groups is 2. The summed E-state index contributed by atoms with van der Waals surface area (Å²) in [6, 6.07) is 24.2. The monoisotopic (exact) mass is 455 g/mol. The van der Waals surface area contributed by atoms with Gasteiger partial charge in [-0.1, -0.05) is 42.0 Å². The summed E-state index contributed by atoms with van der Waals surface area (Å²) in [6.07, 6.45) is 1.07. The number of aryl methyl sites for hydroxylation is 1. The minimum absolute atomic E-state index is 0.0495. The van der Waals surface area contributed by atoms with E-state index in [1.165, 1.54) is 11.1 Å². The predicted molar refractivity (Wildman–Crippen MR) is 133 cm³/mol. The highest BCUT2D eigenvalue weighted by Gasteiger charge is 2.34. The van der Waals surface area contributed by atoms with Crippen LogP contribution in [0.25, 0.3) is 20.8 Å². The summed E-state index contributed by atoms with van der Waals surface area (Å²) < 4.78 is 1.16. The Morgan fingerprint density at radius 3 is 2.58 bits per heavy atom. The van der Waals surface area contributed by atoms with Crippen molar-refractivity contribution in [2.45, 2.75) is 19.8 Å². The molecule has 0 aliphatic carbocycles. The van der Waals surface area contributed by atoms with Gasteiger partial charge in [0.1, 0.15) is 5.01 Å². The molecule has 1 fully saturated rings. The molecule has 6 heteroatoms. The van der Waals surface area contributed by atoms with Crippen LogP contribution in [0.4, 0.5) is 5.69 Å². The predicted octanol–water partition coefficient (Wildman–Crippen LogP) is 5.30. The maximum Gasteiger partial charge on any atom is 0.229 e. The number of nitrogens with one attached hydrogen (secondary N) is 1.